The lowest BCUT2D eigenvalue weighted by molar-refractivity contribution is -0.117. The van der Waals surface area contributed by atoms with Crippen LogP contribution >= 0.6 is 0 Å². The molecule has 1 aliphatic rings. The highest BCUT2D eigenvalue weighted by molar-refractivity contribution is 5.98. The van der Waals surface area contributed by atoms with Gasteiger partial charge < -0.3 is 20.0 Å². The van der Waals surface area contributed by atoms with Gasteiger partial charge in [-0.3, -0.25) is 9.20 Å². The number of benzene rings is 2. The number of nitrogens with one attached hydrogen (secondary N) is 1. The Morgan fingerprint density at radius 1 is 1.20 bits per heavy atom. The molecule has 0 aliphatic heterocycles. The number of pyridine rings is 1. The Morgan fingerprint density at radius 2 is 1.94 bits per heavy atom. The highest BCUT2D eigenvalue weighted by Gasteiger charge is 2.48. The predicted molar refractivity (Wildman–Crippen MR) is 122 cm³/mol. The molecular weight excluding hydrogens is 456 g/mol. The zero-order chi connectivity index (χ0) is 24.7. The first kappa shape index (κ1) is 22.7. The van der Waals surface area contributed by atoms with Crippen LogP contribution in [0.1, 0.15) is 32.9 Å². The standard InChI is InChI=1S/C26H21F2N3O4/c1-15-23(25(34)30-26(14-32)18-7-3-2-6-16(18)12-22(26)33)31-11-5-10-21(24(31)29-15)35-13-17-19(27)8-4-9-20(17)28/h2-11,14,22,33H,12-13H2,1H3,(H,30,34). The maximum absolute atomic E-state index is 14.0. The quantitative estimate of drug-likeness (QED) is 0.416. The summed E-state index contributed by atoms with van der Waals surface area (Å²) < 4.78 is 35.1. The van der Waals surface area contributed by atoms with Crippen molar-refractivity contribution in [3.63, 3.8) is 0 Å². The van der Waals surface area contributed by atoms with Gasteiger partial charge in [-0.1, -0.05) is 30.3 Å². The van der Waals surface area contributed by atoms with Gasteiger partial charge in [0.05, 0.1) is 17.4 Å². The minimum Gasteiger partial charge on any atom is -0.485 e. The summed E-state index contributed by atoms with van der Waals surface area (Å²) in [6.07, 6.45) is 1.24. The highest BCUT2D eigenvalue weighted by atomic mass is 19.1. The maximum atomic E-state index is 14.0. The van der Waals surface area contributed by atoms with Crippen LogP contribution in [0.25, 0.3) is 5.65 Å². The number of hydrogen-bond donors (Lipinski definition) is 2. The summed E-state index contributed by atoms with van der Waals surface area (Å²) >= 11 is 0. The summed E-state index contributed by atoms with van der Waals surface area (Å²) in [6.45, 7) is 1.25. The van der Waals surface area contributed by atoms with Crippen LogP contribution in [0.4, 0.5) is 8.78 Å². The lowest BCUT2D eigenvalue weighted by Gasteiger charge is -2.29. The smallest absolute Gasteiger partial charge is 0.271 e. The van der Waals surface area contributed by atoms with E-state index in [2.05, 4.69) is 10.3 Å². The van der Waals surface area contributed by atoms with Crippen LogP contribution in [0.5, 0.6) is 5.75 Å². The summed E-state index contributed by atoms with van der Waals surface area (Å²) in [6, 6.07) is 13.8. The predicted octanol–water partition coefficient (Wildman–Crippen LogP) is 3.24. The van der Waals surface area contributed by atoms with E-state index in [1.54, 1.807) is 49.5 Å². The first-order valence-corrected chi connectivity index (χ1v) is 10.9. The number of ether oxygens (including phenoxy) is 1. The average Bonchev–Trinajstić information content (AvgIpc) is 3.32. The van der Waals surface area contributed by atoms with Crippen molar-refractivity contribution in [3.8, 4) is 5.75 Å². The van der Waals surface area contributed by atoms with E-state index in [4.69, 9.17) is 4.74 Å². The Morgan fingerprint density at radius 3 is 2.69 bits per heavy atom. The zero-order valence-electron chi connectivity index (χ0n) is 18.7. The van der Waals surface area contributed by atoms with E-state index < -0.39 is 29.2 Å². The van der Waals surface area contributed by atoms with Gasteiger partial charge in [0.1, 0.15) is 29.5 Å². The van der Waals surface area contributed by atoms with Crippen molar-refractivity contribution in [2.45, 2.75) is 31.6 Å². The summed E-state index contributed by atoms with van der Waals surface area (Å²) in [5.41, 5.74) is 0.243. The molecule has 0 radical (unpaired) electrons. The normalized spacial score (nSPS) is 18.9. The summed E-state index contributed by atoms with van der Waals surface area (Å²) in [5, 5.41) is 13.4. The fourth-order valence-electron chi connectivity index (χ4n) is 4.58. The number of aryl methyl sites for hydroxylation is 1. The van der Waals surface area contributed by atoms with Crippen LogP contribution in [0, 0.1) is 18.6 Å². The molecule has 0 saturated heterocycles. The maximum Gasteiger partial charge on any atom is 0.271 e. The molecule has 5 rings (SSSR count). The van der Waals surface area contributed by atoms with Crippen molar-refractivity contribution in [2.75, 3.05) is 0 Å². The van der Waals surface area contributed by atoms with Gasteiger partial charge in [0.15, 0.2) is 17.7 Å². The largest absolute Gasteiger partial charge is 0.485 e. The van der Waals surface area contributed by atoms with Gasteiger partial charge in [-0.2, -0.15) is 0 Å². The Kier molecular flexibility index (Phi) is 5.56. The number of fused-ring (bicyclic) bond motifs is 2. The topological polar surface area (TPSA) is 92.9 Å². The lowest BCUT2D eigenvalue weighted by atomic mass is 9.91. The molecule has 0 spiro atoms. The molecule has 0 bridgehead atoms. The fourth-order valence-corrected chi connectivity index (χ4v) is 4.58. The molecular formula is C26H21F2N3O4. The summed E-state index contributed by atoms with van der Waals surface area (Å²) in [4.78, 5) is 30.0. The second-order valence-corrected chi connectivity index (χ2v) is 8.42. The van der Waals surface area contributed by atoms with E-state index in [0.717, 1.165) is 17.7 Å². The van der Waals surface area contributed by atoms with Crippen molar-refractivity contribution >= 4 is 17.8 Å². The van der Waals surface area contributed by atoms with Crippen LogP contribution in [-0.4, -0.2) is 32.8 Å². The summed E-state index contributed by atoms with van der Waals surface area (Å²) in [5.74, 6) is -1.86. The number of imidazole rings is 1. The second-order valence-electron chi connectivity index (χ2n) is 8.42. The van der Waals surface area contributed by atoms with Gasteiger partial charge in [0.25, 0.3) is 5.91 Å². The fraction of sp³-hybridized carbons (Fsp3) is 0.192. The first-order chi connectivity index (χ1) is 16.9. The van der Waals surface area contributed by atoms with E-state index in [9.17, 15) is 23.5 Å². The minimum atomic E-state index is -1.60. The first-order valence-electron chi connectivity index (χ1n) is 10.9. The molecule has 2 aromatic carbocycles. The number of aromatic nitrogens is 2. The van der Waals surface area contributed by atoms with E-state index in [1.165, 1.54) is 10.5 Å². The van der Waals surface area contributed by atoms with Crippen molar-refractivity contribution in [3.05, 3.63) is 101 Å². The number of aliphatic hydroxyl groups is 1. The van der Waals surface area contributed by atoms with Crippen molar-refractivity contribution in [2.24, 2.45) is 0 Å². The van der Waals surface area contributed by atoms with Crippen LogP contribution < -0.4 is 10.1 Å². The van der Waals surface area contributed by atoms with Crippen molar-refractivity contribution in [1.29, 1.82) is 0 Å². The number of carbonyl (C=O) groups excluding carboxylic acids is 2. The van der Waals surface area contributed by atoms with E-state index in [0.29, 0.717) is 17.5 Å². The van der Waals surface area contributed by atoms with Gasteiger partial charge in [0.2, 0.25) is 0 Å². The molecule has 0 fully saturated rings. The molecule has 2 heterocycles. The molecule has 0 saturated carbocycles. The summed E-state index contributed by atoms with van der Waals surface area (Å²) in [7, 11) is 0. The molecule has 4 aromatic rings. The lowest BCUT2D eigenvalue weighted by Crippen LogP contribution is -2.53. The number of halogens is 2. The van der Waals surface area contributed by atoms with Gasteiger partial charge in [-0.15, -0.1) is 0 Å². The van der Waals surface area contributed by atoms with Gasteiger partial charge >= 0.3 is 0 Å². The number of rotatable bonds is 6. The van der Waals surface area contributed by atoms with Crippen molar-refractivity contribution in [1.82, 2.24) is 14.7 Å². The zero-order valence-corrected chi connectivity index (χ0v) is 18.7. The van der Waals surface area contributed by atoms with E-state index in [-0.39, 0.29) is 35.7 Å². The van der Waals surface area contributed by atoms with Gasteiger partial charge in [-0.05, 0) is 42.3 Å². The van der Waals surface area contributed by atoms with E-state index >= 15 is 0 Å². The molecule has 2 unspecified atom stereocenters. The average molecular weight is 477 g/mol. The molecule has 1 aliphatic carbocycles. The highest BCUT2D eigenvalue weighted by Crippen LogP contribution is 2.36. The Balaban J connectivity index is 1.48. The van der Waals surface area contributed by atoms with Gasteiger partial charge in [-0.25, -0.2) is 13.8 Å². The van der Waals surface area contributed by atoms with Gasteiger partial charge in [0, 0.05) is 12.6 Å². The van der Waals surface area contributed by atoms with Crippen LogP contribution in [-0.2, 0) is 23.4 Å². The third-order valence-corrected chi connectivity index (χ3v) is 6.35. The minimum absolute atomic E-state index is 0.139. The third-order valence-electron chi connectivity index (χ3n) is 6.35. The second kappa shape index (κ2) is 8.59. The Labute approximate surface area is 199 Å². The third kappa shape index (κ3) is 3.64. The Bertz CT molecular complexity index is 1450. The van der Waals surface area contributed by atoms with E-state index in [1.807, 2.05) is 0 Å². The molecule has 2 N–H and O–H groups in total. The van der Waals surface area contributed by atoms with Crippen LogP contribution in [0.15, 0.2) is 60.8 Å². The number of hydrogen-bond acceptors (Lipinski definition) is 5. The monoisotopic (exact) mass is 477 g/mol. The number of aliphatic hydroxyl groups excluding tert-OH is 1. The number of nitrogens with zero attached hydrogens (tertiary/aromatic N) is 2. The molecule has 1 amide bonds. The Hall–Kier alpha value is -4.11. The number of amides is 1. The molecule has 178 valence electrons. The molecule has 9 heteroatoms. The molecule has 2 aromatic heterocycles. The SMILES string of the molecule is Cc1nc2c(OCc3c(F)cccc3F)cccn2c1C(=O)NC1(C=O)c2ccccc2CC1O. The van der Waals surface area contributed by atoms with Crippen molar-refractivity contribution < 1.29 is 28.2 Å². The molecule has 7 nitrogen and oxygen atoms in total. The number of aldehydes is 1. The van der Waals surface area contributed by atoms with Crippen LogP contribution in [0.2, 0.25) is 0 Å². The molecule has 2 atom stereocenters. The number of carbonyl (C=O) groups is 2. The molecule has 35 heavy (non-hydrogen) atoms. The van der Waals surface area contributed by atoms with Crippen LogP contribution in [0.3, 0.4) is 0 Å².